The van der Waals surface area contributed by atoms with Crippen LogP contribution in [0.1, 0.15) is 28.4 Å². The lowest BCUT2D eigenvalue weighted by Gasteiger charge is -2.17. The van der Waals surface area contributed by atoms with Crippen molar-refractivity contribution in [2.24, 2.45) is 0 Å². The third-order valence-corrected chi connectivity index (χ3v) is 7.20. The Hall–Kier alpha value is -5.44. The van der Waals surface area contributed by atoms with E-state index in [4.69, 9.17) is 10.4 Å². The van der Waals surface area contributed by atoms with Gasteiger partial charge in [0.2, 0.25) is 5.95 Å². The molecule has 9 heteroatoms. The summed E-state index contributed by atoms with van der Waals surface area (Å²) in [5.74, 6) is 0.474. The van der Waals surface area contributed by atoms with Gasteiger partial charge < -0.3 is 25.8 Å². The van der Waals surface area contributed by atoms with Gasteiger partial charge in [0.25, 0.3) is 5.91 Å². The molecule has 0 spiro atoms. The number of hydrogen-bond donors (Lipinski definition) is 5. The van der Waals surface area contributed by atoms with Crippen LogP contribution in [-0.2, 0) is 6.54 Å². The number of H-pyrrole nitrogens is 1. The van der Waals surface area contributed by atoms with E-state index in [1.54, 1.807) is 19.3 Å². The van der Waals surface area contributed by atoms with Gasteiger partial charge in [-0.2, -0.15) is 0 Å². The molecule has 6 rings (SSSR count). The Morgan fingerprint density at radius 1 is 1.07 bits per heavy atom. The van der Waals surface area contributed by atoms with Crippen LogP contribution in [0.4, 0.5) is 23.0 Å². The maximum atomic E-state index is 13.8. The number of fused-ring (bicyclic) bond motifs is 2. The van der Waals surface area contributed by atoms with Gasteiger partial charge in [-0.1, -0.05) is 42.5 Å². The third kappa shape index (κ3) is 4.89. The number of amidine groups is 1. The minimum absolute atomic E-state index is 0.0455. The number of carbonyl (C=O) groups is 1. The van der Waals surface area contributed by atoms with Gasteiger partial charge in [-0.05, 0) is 55.3 Å². The van der Waals surface area contributed by atoms with Gasteiger partial charge in [0.05, 0.1) is 34.7 Å². The van der Waals surface area contributed by atoms with Gasteiger partial charge in [-0.25, -0.2) is 9.97 Å². The van der Waals surface area contributed by atoms with E-state index in [2.05, 4.69) is 25.9 Å². The largest absolute Gasteiger partial charge is 0.392 e. The average molecular weight is 543 g/mol. The van der Waals surface area contributed by atoms with Crippen molar-refractivity contribution < 1.29 is 4.79 Å². The average Bonchev–Trinajstić information content (AvgIpc) is 3.56. The first kappa shape index (κ1) is 25.8. The second kappa shape index (κ2) is 10.6. The predicted octanol–water partition coefficient (Wildman–Crippen LogP) is 6.35. The van der Waals surface area contributed by atoms with Crippen molar-refractivity contribution in [3.05, 3.63) is 108 Å². The number of carbonyl (C=O) groups excluding carboxylic acids is 1. The minimum Gasteiger partial charge on any atom is -0.392 e. The smallest absolute Gasteiger partial charge is 0.261 e. The van der Waals surface area contributed by atoms with Crippen molar-refractivity contribution in [1.29, 1.82) is 5.41 Å². The van der Waals surface area contributed by atoms with Gasteiger partial charge in [0, 0.05) is 41.8 Å². The van der Waals surface area contributed by atoms with Crippen LogP contribution in [0.15, 0.2) is 90.9 Å². The molecule has 9 nitrogen and oxygen atoms in total. The molecule has 0 radical (unpaired) electrons. The highest BCUT2D eigenvalue weighted by atomic mass is 16.2. The van der Waals surface area contributed by atoms with Gasteiger partial charge in [-0.15, -0.1) is 0 Å². The van der Waals surface area contributed by atoms with Gasteiger partial charge in [-0.3, -0.25) is 10.2 Å². The summed E-state index contributed by atoms with van der Waals surface area (Å²) in [4.78, 5) is 28.2. The maximum absolute atomic E-state index is 13.8. The number of aryl methyl sites for hydroxylation is 1. The minimum atomic E-state index is -0.0455. The van der Waals surface area contributed by atoms with E-state index in [0.29, 0.717) is 18.1 Å². The van der Waals surface area contributed by atoms with Crippen LogP contribution in [0.2, 0.25) is 0 Å². The van der Waals surface area contributed by atoms with E-state index < -0.39 is 0 Å². The lowest BCUT2D eigenvalue weighted by atomic mass is 10.1. The van der Waals surface area contributed by atoms with Crippen molar-refractivity contribution in [3.63, 3.8) is 0 Å². The standard InChI is InChI=1S/C32H30N8O/c1-19-16-36-32(38-27(33)15-20(2)34-3)39-29(19)24-17-35-30-23(24)12-8-14-26(30)40-18-21-9-7-13-25(28(21)31(40)41)37-22-10-5-4-6-11-22/h4-17,34-35,37H,18H2,1-3H3,(H2,33,36,38,39)/b20-15-. The summed E-state index contributed by atoms with van der Waals surface area (Å²) in [5, 5.41) is 18.5. The van der Waals surface area contributed by atoms with E-state index >= 15 is 0 Å². The Morgan fingerprint density at radius 2 is 1.88 bits per heavy atom. The second-order valence-electron chi connectivity index (χ2n) is 9.97. The summed E-state index contributed by atoms with van der Waals surface area (Å²) in [6.45, 7) is 4.32. The Labute approximate surface area is 237 Å². The highest BCUT2D eigenvalue weighted by Gasteiger charge is 2.32. The fourth-order valence-corrected chi connectivity index (χ4v) is 5.12. The second-order valence-corrected chi connectivity index (χ2v) is 9.97. The predicted molar refractivity (Wildman–Crippen MR) is 165 cm³/mol. The van der Waals surface area contributed by atoms with E-state index in [-0.39, 0.29) is 11.7 Å². The third-order valence-electron chi connectivity index (χ3n) is 7.20. The van der Waals surface area contributed by atoms with Crippen molar-refractivity contribution in [3.8, 4) is 11.3 Å². The molecule has 41 heavy (non-hydrogen) atoms. The summed E-state index contributed by atoms with van der Waals surface area (Å²) >= 11 is 0. The molecule has 5 N–H and O–H groups in total. The Balaban J connectivity index is 1.34. The van der Waals surface area contributed by atoms with Crippen LogP contribution in [0.5, 0.6) is 0 Å². The number of nitrogens with zero attached hydrogens (tertiary/aromatic N) is 3. The number of aromatic nitrogens is 3. The first-order chi connectivity index (χ1) is 19.9. The van der Waals surface area contributed by atoms with Crippen molar-refractivity contribution in [2.45, 2.75) is 20.4 Å². The molecule has 0 atom stereocenters. The fourth-order valence-electron chi connectivity index (χ4n) is 5.12. The Kier molecular flexibility index (Phi) is 6.68. The number of allylic oxidation sites excluding steroid dienone is 1. The number of hydrogen-bond acceptors (Lipinski definition) is 6. The van der Waals surface area contributed by atoms with Crippen LogP contribution in [0, 0.1) is 12.3 Å². The van der Waals surface area contributed by atoms with E-state index in [1.165, 1.54) is 0 Å². The maximum Gasteiger partial charge on any atom is 0.261 e. The molecule has 0 aliphatic carbocycles. The van der Waals surface area contributed by atoms with Crippen LogP contribution in [-0.4, -0.2) is 33.7 Å². The fraction of sp³-hybridized carbons (Fsp3) is 0.125. The molecule has 0 saturated heterocycles. The molecule has 5 aromatic rings. The molecule has 204 valence electrons. The van der Waals surface area contributed by atoms with Crippen molar-refractivity contribution in [1.82, 2.24) is 20.3 Å². The molecule has 2 aromatic heterocycles. The van der Waals surface area contributed by atoms with Crippen LogP contribution in [0.25, 0.3) is 22.2 Å². The monoisotopic (exact) mass is 542 g/mol. The van der Waals surface area contributed by atoms with Crippen molar-refractivity contribution in [2.75, 3.05) is 22.6 Å². The lowest BCUT2D eigenvalue weighted by Crippen LogP contribution is -2.23. The first-order valence-corrected chi connectivity index (χ1v) is 13.3. The molecular formula is C32H30N8O. The topological polar surface area (TPSA) is 122 Å². The number of nitrogens with one attached hydrogen (secondary N) is 5. The van der Waals surface area contributed by atoms with E-state index in [1.807, 2.05) is 91.7 Å². The highest BCUT2D eigenvalue weighted by Crippen LogP contribution is 2.39. The summed E-state index contributed by atoms with van der Waals surface area (Å²) in [7, 11) is 1.81. The Bertz CT molecular complexity index is 1820. The Morgan fingerprint density at radius 3 is 2.68 bits per heavy atom. The number of amides is 1. The summed E-state index contributed by atoms with van der Waals surface area (Å²) < 4.78 is 0. The summed E-state index contributed by atoms with van der Waals surface area (Å²) in [5.41, 5.74) is 8.45. The van der Waals surface area contributed by atoms with Crippen molar-refractivity contribution >= 4 is 45.7 Å². The molecule has 0 bridgehead atoms. The number of para-hydroxylation sites is 2. The van der Waals surface area contributed by atoms with Crippen LogP contribution in [0.3, 0.4) is 0 Å². The number of benzene rings is 3. The van der Waals surface area contributed by atoms with Gasteiger partial charge in [0.1, 0.15) is 5.84 Å². The quantitative estimate of drug-likeness (QED) is 0.121. The van der Waals surface area contributed by atoms with Gasteiger partial charge in [0.15, 0.2) is 0 Å². The molecule has 0 unspecified atom stereocenters. The van der Waals surface area contributed by atoms with E-state index in [0.717, 1.165) is 56.0 Å². The number of aromatic amines is 1. The molecule has 1 amide bonds. The number of anilines is 4. The van der Waals surface area contributed by atoms with Crippen LogP contribution >= 0.6 is 0 Å². The summed E-state index contributed by atoms with van der Waals surface area (Å²) in [6, 6.07) is 21.7. The molecule has 1 aliphatic heterocycles. The molecular weight excluding hydrogens is 512 g/mol. The first-order valence-electron chi connectivity index (χ1n) is 13.3. The van der Waals surface area contributed by atoms with Gasteiger partial charge >= 0.3 is 0 Å². The zero-order valence-electron chi connectivity index (χ0n) is 23.0. The highest BCUT2D eigenvalue weighted by molar-refractivity contribution is 6.17. The molecule has 1 aliphatic rings. The van der Waals surface area contributed by atoms with E-state index in [9.17, 15) is 4.79 Å². The normalized spacial score (nSPS) is 12.9. The lowest BCUT2D eigenvalue weighted by molar-refractivity contribution is 0.0997. The van der Waals surface area contributed by atoms with Crippen LogP contribution < -0.4 is 20.9 Å². The summed E-state index contributed by atoms with van der Waals surface area (Å²) in [6.07, 6.45) is 5.34. The molecule has 3 aromatic carbocycles. The molecule has 3 heterocycles. The molecule has 0 fully saturated rings. The SMILES string of the molecule is CN/C(C)=C\C(=N)Nc1ncc(C)c(-c2c[nH]c3c(N4Cc5cccc(Nc6ccccc6)c5C4=O)cccc23)n1. The number of rotatable bonds is 7. The molecule has 0 saturated carbocycles. The zero-order valence-corrected chi connectivity index (χ0v) is 23.0. The zero-order chi connectivity index (χ0) is 28.5.